The van der Waals surface area contributed by atoms with E-state index in [1.165, 1.54) is 4.57 Å². The van der Waals surface area contributed by atoms with Crippen molar-refractivity contribution in [3.05, 3.63) is 86.8 Å². The lowest BCUT2D eigenvalue weighted by molar-refractivity contribution is -0.192. The number of benzene rings is 1. The van der Waals surface area contributed by atoms with Crippen molar-refractivity contribution in [1.29, 1.82) is 0 Å². The number of rotatable bonds is 6. The van der Waals surface area contributed by atoms with E-state index >= 15 is 0 Å². The molecule has 1 fully saturated rings. The number of carbonyl (C=O) groups excluding carboxylic acids is 1. The summed E-state index contributed by atoms with van der Waals surface area (Å²) < 4.78 is 33.3. The molecule has 2 aliphatic rings. The number of amides is 1. The Balaban J connectivity index is 0.000000451. The number of carbonyl (C=O) groups is 2. The largest absolute Gasteiger partial charge is 0.490 e. The molecule has 1 atom stereocenters. The van der Waals surface area contributed by atoms with Crippen LogP contribution >= 0.6 is 11.6 Å². The summed E-state index contributed by atoms with van der Waals surface area (Å²) in [6.07, 6.45) is 1.25. The Morgan fingerprint density at radius 2 is 1.98 bits per heavy atom. The number of pyridine rings is 1. The first-order valence-corrected chi connectivity index (χ1v) is 13.4. The Morgan fingerprint density at radius 3 is 2.62 bits per heavy atom. The summed E-state index contributed by atoms with van der Waals surface area (Å²) in [5, 5.41) is 14.7. The molecule has 0 saturated heterocycles. The number of aliphatic carboxylic acids is 1. The van der Waals surface area contributed by atoms with Crippen molar-refractivity contribution in [2.75, 3.05) is 5.32 Å². The molecule has 0 bridgehead atoms. The van der Waals surface area contributed by atoms with E-state index < -0.39 is 18.2 Å². The third-order valence-corrected chi connectivity index (χ3v) is 7.58. The second-order valence-electron chi connectivity index (χ2n) is 10.3. The molecule has 0 unspecified atom stereocenters. The Hall–Kier alpha value is -4.39. The molecular formula is C28H26ClF3N6O4. The highest BCUT2D eigenvalue weighted by molar-refractivity contribution is 6.30. The van der Waals surface area contributed by atoms with Gasteiger partial charge in [0.15, 0.2) is 11.0 Å². The minimum absolute atomic E-state index is 0.195. The van der Waals surface area contributed by atoms with Crippen LogP contribution in [0, 0.1) is 6.92 Å². The summed E-state index contributed by atoms with van der Waals surface area (Å²) in [4.78, 5) is 47.4. The lowest BCUT2D eigenvalue weighted by atomic mass is 10.0. The minimum Gasteiger partial charge on any atom is -0.475 e. The first-order chi connectivity index (χ1) is 19.9. The van der Waals surface area contributed by atoms with E-state index in [0.29, 0.717) is 25.1 Å². The zero-order valence-corrected chi connectivity index (χ0v) is 23.0. The average molecular weight is 603 g/mol. The van der Waals surface area contributed by atoms with Crippen LogP contribution in [0.3, 0.4) is 0 Å². The number of halogens is 4. The zero-order chi connectivity index (χ0) is 30.2. The molecule has 14 heteroatoms. The van der Waals surface area contributed by atoms with Crippen molar-refractivity contribution in [3.8, 4) is 0 Å². The van der Waals surface area contributed by atoms with Crippen molar-refractivity contribution in [1.82, 2.24) is 24.8 Å². The van der Waals surface area contributed by atoms with Gasteiger partial charge in [-0.15, -0.1) is 0 Å². The summed E-state index contributed by atoms with van der Waals surface area (Å²) in [6, 6.07) is 11.5. The van der Waals surface area contributed by atoms with Gasteiger partial charge in [-0.3, -0.25) is 19.1 Å². The lowest BCUT2D eigenvalue weighted by Gasteiger charge is -2.21. The molecule has 1 aliphatic heterocycles. The summed E-state index contributed by atoms with van der Waals surface area (Å²) >= 11 is 6.50. The molecule has 4 heterocycles. The Kier molecular flexibility index (Phi) is 7.71. The number of aromatic nitrogens is 4. The van der Waals surface area contributed by atoms with Gasteiger partial charge < -0.3 is 20.7 Å². The number of hydrogen-bond donors (Lipinski definition) is 4. The number of alkyl halides is 3. The highest BCUT2D eigenvalue weighted by Crippen LogP contribution is 2.48. The number of carboxylic acid groups (broad SMARTS) is 1. The van der Waals surface area contributed by atoms with Gasteiger partial charge in [-0.25, -0.2) is 9.78 Å². The van der Waals surface area contributed by atoms with Crippen LogP contribution in [0.15, 0.2) is 53.6 Å². The number of H-pyrrole nitrogens is 1. The highest BCUT2D eigenvalue weighted by Gasteiger charge is 2.46. The maximum absolute atomic E-state index is 13.5. The van der Waals surface area contributed by atoms with Crippen LogP contribution in [0.4, 0.5) is 19.0 Å². The number of fused-ring (bicyclic) bond motifs is 2. The minimum atomic E-state index is -5.08. The van der Waals surface area contributed by atoms with Gasteiger partial charge in [0.1, 0.15) is 6.04 Å². The summed E-state index contributed by atoms with van der Waals surface area (Å²) in [7, 11) is 0. The predicted octanol–water partition coefficient (Wildman–Crippen LogP) is 4.62. The summed E-state index contributed by atoms with van der Waals surface area (Å²) in [6.45, 7) is 2.38. The average Bonchev–Trinajstić information content (AvgIpc) is 3.38. The first kappa shape index (κ1) is 29.1. The smallest absolute Gasteiger partial charge is 0.475 e. The molecule has 1 saturated carbocycles. The van der Waals surface area contributed by atoms with Crippen molar-refractivity contribution in [3.63, 3.8) is 0 Å². The number of carboxylic acids is 1. The van der Waals surface area contributed by atoms with E-state index in [-0.39, 0.29) is 28.0 Å². The van der Waals surface area contributed by atoms with E-state index in [9.17, 15) is 22.8 Å². The number of aryl methyl sites for hydroxylation is 1. The number of nitrogens with zero attached hydrogens (tertiary/aromatic N) is 3. The van der Waals surface area contributed by atoms with Crippen LogP contribution in [0.25, 0.3) is 10.9 Å². The van der Waals surface area contributed by atoms with Crippen molar-refractivity contribution in [2.45, 2.75) is 56.9 Å². The van der Waals surface area contributed by atoms with Gasteiger partial charge in [-0.05, 0) is 50.3 Å². The van der Waals surface area contributed by atoms with Crippen LogP contribution in [0.2, 0.25) is 5.15 Å². The molecule has 0 spiro atoms. The second kappa shape index (κ2) is 11.1. The molecule has 1 aromatic carbocycles. The molecule has 1 aliphatic carbocycles. The second-order valence-corrected chi connectivity index (χ2v) is 10.6. The molecule has 10 nitrogen and oxygen atoms in total. The van der Waals surface area contributed by atoms with E-state index in [2.05, 4.69) is 50.7 Å². The molecule has 4 N–H and O–H groups in total. The normalized spacial score (nSPS) is 16.7. The van der Waals surface area contributed by atoms with E-state index in [0.717, 1.165) is 40.6 Å². The molecule has 220 valence electrons. The Labute approximate surface area is 241 Å². The van der Waals surface area contributed by atoms with Gasteiger partial charge >= 0.3 is 12.1 Å². The lowest BCUT2D eigenvalue weighted by Crippen LogP contribution is -2.37. The number of nitrogens with one attached hydrogen (secondary N) is 3. The van der Waals surface area contributed by atoms with Crippen LogP contribution in [-0.2, 0) is 28.1 Å². The third-order valence-electron chi connectivity index (χ3n) is 7.28. The molecule has 6 rings (SSSR count). The Bertz CT molecular complexity index is 1700. The van der Waals surface area contributed by atoms with Crippen LogP contribution in [0.5, 0.6) is 0 Å². The summed E-state index contributed by atoms with van der Waals surface area (Å²) in [5.74, 6) is -2.77. The fourth-order valence-corrected chi connectivity index (χ4v) is 5.31. The standard InChI is InChI=1S/C26H25ClN6O2.C2HF3O2/c1-15-3-2-4-17(11-15)26(8-9-26)32-23-25(35)33-20(22(27)31-23)5-6-21(33)24(34)29-14-18-12-16-13-28-10-7-19(16)30-18;3-2(4,5)1(6)7/h2-4,7,10-13,21,30H,5-6,8-9,14H2,1H3,(H,29,34)(H,31,32);(H,6,7)/t21-;/m0./s1. The fourth-order valence-electron chi connectivity index (χ4n) is 5.04. The molecule has 1 amide bonds. The zero-order valence-electron chi connectivity index (χ0n) is 22.3. The van der Waals surface area contributed by atoms with Crippen molar-refractivity contribution < 1.29 is 27.9 Å². The maximum atomic E-state index is 13.5. The van der Waals surface area contributed by atoms with E-state index in [1.807, 2.05) is 18.2 Å². The van der Waals surface area contributed by atoms with E-state index in [1.54, 1.807) is 12.4 Å². The number of hydrogen-bond acceptors (Lipinski definition) is 6. The molecule has 0 radical (unpaired) electrons. The maximum Gasteiger partial charge on any atom is 0.490 e. The number of anilines is 1. The van der Waals surface area contributed by atoms with E-state index in [4.69, 9.17) is 21.5 Å². The fraction of sp³-hybridized carbons (Fsp3) is 0.321. The third kappa shape index (κ3) is 5.96. The quantitative estimate of drug-likeness (QED) is 0.252. The SMILES string of the molecule is Cc1cccc(C2(Nc3nc(Cl)c4n(c3=O)[C@H](C(=O)NCc3cc5cnccc5[nH]3)CC4)CC2)c1.O=C(O)C(F)(F)F. The monoisotopic (exact) mass is 602 g/mol. The Morgan fingerprint density at radius 1 is 1.24 bits per heavy atom. The first-order valence-electron chi connectivity index (χ1n) is 13.0. The van der Waals surface area contributed by atoms with Gasteiger partial charge in [0.2, 0.25) is 5.91 Å². The van der Waals surface area contributed by atoms with Crippen LogP contribution in [0.1, 0.15) is 47.8 Å². The molecule has 42 heavy (non-hydrogen) atoms. The van der Waals surface area contributed by atoms with Gasteiger partial charge in [0.25, 0.3) is 5.56 Å². The highest BCUT2D eigenvalue weighted by atomic mass is 35.5. The van der Waals surface area contributed by atoms with Gasteiger partial charge in [-0.2, -0.15) is 13.2 Å². The van der Waals surface area contributed by atoms with Crippen LogP contribution in [-0.4, -0.2) is 42.7 Å². The van der Waals surface area contributed by atoms with Crippen molar-refractivity contribution >= 4 is 40.2 Å². The van der Waals surface area contributed by atoms with Gasteiger partial charge in [0.05, 0.1) is 17.8 Å². The number of aromatic amines is 1. The van der Waals surface area contributed by atoms with Gasteiger partial charge in [-0.1, -0.05) is 41.4 Å². The summed E-state index contributed by atoms with van der Waals surface area (Å²) in [5.41, 5.74) is 4.10. The topological polar surface area (TPSA) is 142 Å². The van der Waals surface area contributed by atoms with Crippen molar-refractivity contribution in [2.24, 2.45) is 0 Å². The molecule has 3 aromatic heterocycles. The van der Waals surface area contributed by atoms with Crippen LogP contribution < -0.4 is 16.2 Å². The molecule has 4 aromatic rings. The van der Waals surface area contributed by atoms with Gasteiger partial charge in [0, 0.05) is 29.0 Å². The molecular weight excluding hydrogens is 577 g/mol. The predicted molar refractivity (Wildman–Crippen MR) is 148 cm³/mol.